The number of nitrogens with two attached hydrogens (primary N) is 1. The maximum absolute atomic E-state index is 6.05. The van der Waals surface area contributed by atoms with Gasteiger partial charge in [-0.15, -0.1) is 0 Å². The summed E-state index contributed by atoms with van der Waals surface area (Å²) in [6, 6.07) is 0.730. The van der Waals surface area contributed by atoms with E-state index in [9.17, 15) is 0 Å². The summed E-state index contributed by atoms with van der Waals surface area (Å²) in [5.41, 5.74) is 7.16. The summed E-state index contributed by atoms with van der Waals surface area (Å²) in [6.07, 6.45) is 7.93. The van der Waals surface area contributed by atoms with Gasteiger partial charge in [-0.25, -0.2) is 9.97 Å². The molecule has 5 heteroatoms. The molecule has 1 aromatic rings. The van der Waals surface area contributed by atoms with Crippen LogP contribution in [0.5, 0.6) is 0 Å². The second kappa shape index (κ2) is 7.65. The Kier molecular flexibility index (Phi) is 6.52. The maximum atomic E-state index is 6.05. The minimum Gasteiger partial charge on any atom is -1.00 e. The van der Waals surface area contributed by atoms with Crippen LogP contribution >= 0.6 is 0 Å². The number of rotatable bonds is 4. The van der Waals surface area contributed by atoms with Crippen LogP contribution in [0, 0.1) is 0 Å². The molecule has 2 unspecified atom stereocenters. The second-order valence-electron chi connectivity index (χ2n) is 5.43. The normalized spacial score (nSPS) is 22.8. The first-order valence-electron chi connectivity index (χ1n) is 7.15. The average molecular weight is 285 g/mol. The van der Waals surface area contributed by atoms with Crippen molar-refractivity contribution < 1.29 is 17.3 Å². The molecule has 1 aliphatic heterocycles. The predicted molar refractivity (Wildman–Crippen MR) is 73.3 cm³/mol. The summed E-state index contributed by atoms with van der Waals surface area (Å²) in [6.45, 7) is 6.68. The number of hydrogen-bond donors (Lipinski definition) is 2. The molecule has 0 saturated carbocycles. The molecule has 0 bridgehead atoms. The van der Waals surface area contributed by atoms with Crippen molar-refractivity contribution in [3.05, 3.63) is 17.6 Å². The number of aryl methyl sites for hydroxylation is 1. The Labute approximate surface area is 122 Å². The van der Waals surface area contributed by atoms with Gasteiger partial charge in [0, 0.05) is 12.6 Å². The Morgan fingerprint density at radius 2 is 2.21 bits per heavy atom. The van der Waals surface area contributed by atoms with E-state index in [1.807, 2.05) is 6.20 Å². The van der Waals surface area contributed by atoms with Crippen molar-refractivity contribution >= 4 is 5.82 Å². The summed E-state index contributed by atoms with van der Waals surface area (Å²) < 4.78 is 0. The van der Waals surface area contributed by atoms with E-state index in [0.29, 0.717) is 5.82 Å². The van der Waals surface area contributed by atoms with E-state index in [1.165, 1.54) is 25.8 Å². The third-order valence-electron chi connectivity index (χ3n) is 3.92. The molecule has 2 atom stereocenters. The van der Waals surface area contributed by atoms with E-state index in [0.717, 1.165) is 36.8 Å². The van der Waals surface area contributed by atoms with Crippen LogP contribution in [0.15, 0.2) is 6.20 Å². The highest BCUT2D eigenvalue weighted by Gasteiger charge is 2.23. The third-order valence-corrected chi connectivity index (χ3v) is 3.92. The third kappa shape index (κ3) is 4.32. The summed E-state index contributed by atoms with van der Waals surface area (Å²) in [7, 11) is 0. The molecule has 1 aliphatic rings. The summed E-state index contributed by atoms with van der Waals surface area (Å²) in [5.74, 6) is 1.55. The molecule has 0 amide bonds. The number of nitrogen functional groups attached to an aromatic ring is 1. The molecule has 108 valence electrons. The molecule has 0 spiro atoms. The first kappa shape index (κ1) is 16.2. The number of anilines is 1. The van der Waals surface area contributed by atoms with Gasteiger partial charge in [-0.1, -0.05) is 6.92 Å². The van der Waals surface area contributed by atoms with Crippen molar-refractivity contribution in [2.75, 3.05) is 12.3 Å². The minimum absolute atomic E-state index is 0. The van der Waals surface area contributed by atoms with E-state index < -0.39 is 0 Å². The molecular formula is C14H25ClN4. The SMILES string of the molecule is CCCc1ncc(C[NH+]2CCCCC2C)c(N)n1.[Cl-]. The lowest BCUT2D eigenvalue weighted by atomic mass is 10.0. The fourth-order valence-corrected chi connectivity index (χ4v) is 2.70. The maximum Gasteiger partial charge on any atom is 0.136 e. The van der Waals surface area contributed by atoms with Gasteiger partial charge in [-0.05, 0) is 32.6 Å². The first-order chi connectivity index (χ1) is 8.70. The Balaban J connectivity index is 0.00000180. The van der Waals surface area contributed by atoms with E-state index in [4.69, 9.17) is 5.73 Å². The number of piperidine rings is 1. The fraction of sp³-hybridized carbons (Fsp3) is 0.714. The van der Waals surface area contributed by atoms with Crippen LogP contribution in [0.25, 0.3) is 0 Å². The Morgan fingerprint density at radius 3 is 2.84 bits per heavy atom. The lowest BCUT2D eigenvalue weighted by molar-refractivity contribution is -0.941. The number of aromatic nitrogens is 2. The zero-order valence-corrected chi connectivity index (χ0v) is 12.7. The Morgan fingerprint density at radius 1 is 1.42 bits per heavy atom. The van der Waals surface area contributed by atoms with Gasteiger partial charge >= 0.3 is 0 Å². The molecule has 3 N–H and O–H groups in total. The predicted octanol–water partition coefficient (Wildman–Crippen LogP) is -2.03. The largest absolute Gasteiger partial charge is 1.00 e. The summed E-state index contributed by atoms with van der Waals surface area (Å²) in [4.78, 5) is 10.4. The van der Waals surface area contributed by atoms with Gasteiger partial charge in [0.2, 0.25) is 0 Å². The highest BCUT2D eigenvalue weighted by Crippen LogP contribution is 2.09. The molecule has 0 aromatic carbocycles. The van der Waals surface area contributed by atoms with Gasteiger partial charge in [0.25, 0.3) is 0 Å². The van der Waals surface area contributed by atoms with Gasteiger partial charge in [0.05, 0.1) is 18.2 Å². The molecule has 2 heterocycles. The molecule has 0 radical (unpaired) electrons. The quantitative estimate of drug-likeness (QED) is 0.671. The molecule has 1 fully saturated rings. The number of nitrogens with zero attached hydrogens (tertiary/aromatic N) is 2. The fourth-order valence-electron chi connectivity index (χ4n) is 2.70. The van der Waals surface area contributed by atoms with E-state index >= 15 is 0 Å². The summed E-state index contributed by atoms with van der Waals surface area (Å²) >= 11 is 0. The van der Waals surface area contributed by atoms with Crippen molar-refractivity contribution in [2.45, 2.75) is 58.5 Å². The smallest absolute Gasteiger partial charge is 0.136 e. The topological polar surface area (TPSA) is 56.2 Å². The average Bonchev–Trinajstić information content (AvgIpc) is 2.35. The van der Waals surface area contributed by atoms with Crippen LogP contribution in [-0.2, 0) is 13.0 Å². The van der Waals surface area contributed by atoms with E-state index in [1.54, 1.807) is 4.90 Å². The highest BCUT2D eigenvalue weighted by molar-refractivity contribution is 5.36. The van der Waals surface area contributed by atoms with Crippen LogP contribution in [0.1, 0.15) is 50.9 Å². The van der Waals surface area contributed by atoms with E-state index in [2.05, 4.69) is 23.8 Å². The van der Waals surface area contributed by atoms with Crippen molar-refractivity contribution in [3.8, 4) is 0 Å². The molecule has 1 aromatic heterocycles. The molecular weight excluding hydrogens is 260 g/mol. The lowest BCUT2D eigenvalue weighted by Gasteiger charge is -2.30. The van der Waals surface area contributed by atoms with Crippen LogP contribution in [0.3, 0.4) is 0 Å². The van der Waals surface area contributed by atoms with Gasteiger partial charge in [-0.2, -0.15) is 0 Å². The van der Waals surface area contributed by atoms with Crippen molar-refractivity contribution in [2.24, 2.45) is 0 Å². The molecule has 4 nitrogen and oxygen atoms in total. The second-order valence-corrected chi connectivity index (χ2v) is 5.43. The number of likely N-dealkylation sites (tertiary alicyclic amines) is 1. The van der Waals surface area contributed by atoms with Crippen molar-refractivity contribution in [1.29, 1.82) is 0 Å². The molecule has 2 rings (SSSR count). The van der Waals surface area contributed by atoms with E-state index in [-0.39, 0.29) is 12.4 Å². The van der Waals surface area contributed by atoms with Gasteiger partial charge in [0.1, 0.15) is 18.2 Å². The number of nitrogens with one attached hydrogen (secondary N) is 1. The lowest BCUT2D eigenvalue weighted by Crippen LogP contribution is -3.14. The molecule has 19 heavy (non-hydrogen) atoms. The van der Waals surface area contributed by atoms with Crippen LogP contribution in [0.4, 0.5) is 5.82 Å². The van der Waals surface area contributed by atoms with Crippen LogP contribution < -0.4 is 23.0 Å². The minimum atomic E-state index is 0. The molecule has 1 saturated heterocycles. The van der Waals surface area contributed by atoms with Crippen LogP contribution in [0.2, 0.25) is 0 Å². The van der Waals surface area contributed by atoms with Gasteiger partial charge in [-0.3, -0.25) is 0 Å². The standard InChI is InChI=1S/C14H24N4.ClH/c1-3-6-13-16-9-12(14(15)17-13)10-18-8-5-4-7-11(18)2;/h9,11H,3-8,10H2,1-2H3,(H2,15,16,17);1H. The number of halogens is 1. The zero-order valence-electron chi connectivity index (χ0n) is 12.0. The Bertz CT molecular complexity index is 397. The van der Waals surface area contributed by atoms with Gasteiger partial charge in [0.15, 0.2) is 0 Å². The summed E-state index contributed by atoms with van der Waals surface area (Å²) in [5, 5.41) is 0. The Hall–Kier alpha value is -0.870. The van der Waals surface area contributed by atoms with Crippen LogP contribution in [-0.4, -0.2) is 22.6 Å². The monoisotopic (exact) mass is 284 g/mol. The zero-order chi connectivity index (χ0) is 13.0. The molecule has 0 aliphatic carbocycles. The van der Waals surface area contributed by atoms with Gasteiger partial charge < -0.3 is 23.0 Å². The number of hydrogen-bond acceptors (Lipinski definition) is 3. The van der Waals surface area contributed by atoms with Crippen molar-refractivity contribution in [3.63, 3.8) is 0 Å². The first-order valence-corrected chi connectivity index (χ1v) is 7.15. The van der Waals surface area contributed by atoms with Crippen molar-refractivity contribution in [1.82, 2.24) is 9.97 Å². The highest BCUT2D eigenvalue weighted by atomic mass is 35.5. The number of quaternary nitrogens is 1.